The van der Waals surface area contributed by atoms with Crippen molar-refractivity contribution >= 4 is 23.2 Å². The Bertz CT molecular complexity index is 1190. The number of anilines is 2. The molecule has 2 aromatic carbocycles. The average Bonchev–Trinajstić information content (AvgIpc) is 3.32. The van der Waals surface area contributed by atoms with Gasteiger partial charge in [-0.15, -0.1) is 0 Å². The summed E-state index contributed by atoms with van der Waals surface area (Å²) in [4.78, 5) is 26.4. The second kappa shape index (κ2) is 7.53. The molecule has 0 spiro atoms. The van der Waals surface area contributed by atoms with Gasteiger partial charge in [0.05, 0.1) is 11.1 Å². The lowest BCUT2D eigenvalue weighted by Crippen LogP contribution is -2.31. The molecule has 2 heterocycles. The minimum absolute atomic E-state index is 0.169. The standard InChI is InChI=1S/C21H16F4N4O2/c1-28-18(6-8-26-28)19(30)27-14-3-5-17-12(10-14)7-9-29(17)20(31)15-4-2-13(22)11-16(15)21(23,24)25/h2-6,8,10-11H,7,9H2,1H3,(H,27,30). The fraction of sp³-hybridized carbons (Fsp3) is 0.190. The van der Waals surface area contributed by atoms with E-state index in [1.54, 1.807) is 31.3 Å². The SMILES string of the molecule is Cn1nccc1C(=O)Nc1ccc2c(c1)CCN2C(=O)c1ccc(F)cc1C(F)(F)F. The van der Waals surface area contributed by atoms with Gasteiger partial charge in [0.2, 0.25) is 0 Å². The molecule has 31 heavy (non-hydrogen) atoms. The molecule has 0 radical (unpaired) electrons. The third-order valence-corrected chi connectivity index (χ3v) is 5.05. The third-order valence-electron chi connectivity index (χ3n) is 5.05. The summed E-state index contributed by atoms with van der Waals surface area (Å²) < 4.78 is 54.7. The number of amides is 2. The highest BCUT2D eigenvalue weighted by Gasteiger charge is 2.38. The summed E-state index contributed by atoms with van der Waals surface area (Å²) in [5, 5.41) is 6.67. The molecule has 1 aliphatic heterocycles. The molecule has 0 saturated carbocycles. The van der Waals surface area contributed by atoms with Crippen LogP contribution in [0.3, 0.4) is 0 Å². The summed E-state index contributed by atoms with van der Waals surface area (Å²) >= 11 is 0. The zero-order valence-corrected chi connectivity index (χ0v) is 16.2. The second-order valence-corrected chi connectivity index (χ2v) is 7.03. The van der Waals surface area contributed by atoms with E-state index in [2.05, 4.69) is 10.4 Å². The van der Waals surface area contributed by atoms with Crippen molar-refractivity contribution in [1.29, 1.82) is 0 Å². The van der Waals surface area contributed by atoms with Gasteiger partial charge in [-0.05, 0) is 54.4 Å². The number of hydrogen-bond acceptors (Lipinski definition) is 3. The van der Waals surface area contributed by atoms with Crippen LogP contribution in [0.1, 0.15) is 32.0 Å². The van der Waals surface area contributed by atoms with Crippen LogP contribution in [0, 0.1) is 5.82 Å². The number of carbonyl (C=O) groups excluding carboxylic acids is 2. The van der Waals surface area contributed by atoms with Crippen LogP contribution in [-0.2, 0) is 19.6 Å². The Labute approximate surface area is 174 Å². The van der Waals surface area contributed by atoms with E-state index in [9.17, 15) is 27.2 Å². The Balaban J connectivity index is 1.59. The van der Waals surface area contributed by atoms with Crippen molar-refractivity contribution in [3.8, 4) is 0 Å². The fourth-order valence-corrected chi connectivity index (χ4v) is 3.57. The predicted octanol–water partition coefficient (Wildman–Crippen LogP) is 4.03. The van der Waals surface area contributed by atoms with E-state index < -0.39 is 29.0 Å². The summed E-state index contributed by atoms with van der Waals surface area (Å²) in [6.07, 6.45) is -2.97. The van der Waals surface area contributed by atoms with Crippen LogP contribution in [-0.4, -0.2) is 28.1 Å². The first-order valence-corrected chi connectivity index (χ1v) is 9.26. The molecule has 0 aliphatic carbocycles. The topological polar surface area (TPSA) is 67.2 Å². The normalized spacial score (nSPS) is 13.3. The molecule has 0 unspecified atom stereocenters. The highest BCUT2D eigenvalue weighted by Crippen LogP contribution is 2.36. The zero-order valence-electron chi connectivity index (χ0n) is 16.2. The Hall–Kier alpha value is -3.69. The minimum Gasteiger partial charge on any atom is -0.321 e. The Morgan fingerprint density at radius 1 is 1.10 bits per heavy atom. The lowest BCUT2D eigenvalue weighted by atomic mass is 10.1. The van der Waals surface area contributed by atoms with Gasteiger partial charge in [-0.3, -0.25) is 14.3 Å². The number of alkyl halides is 3. The molecule has 1 aromatic heterocycles. The Kier molecular flexibility index (Phi) is 5.00. The Morgan fingerprint density at radius 3 is 2.55 bits per heavy atom. The minimum atomic E-state index is -4.87. The molecule has 3 aromatic rings. The highest BCUT2D eigenvalue weighted by molar-refractivity contribution is 6.09. The maximum Gasteiger partial charge on any atom is 0.417 e. The van der Waals surface area contributed by atoms with Crippen molar-refractivity contribution in [2.75, 3.05) is 16.8 Å². The molecule has 1 aliphatic rings. The molecule has 4 rings (SSSR count). The first-order valence-electron chi connectivity index (χ1n) is 9.26. The van der Waals surface area contributed by atoms with Gasteiger partial charge in [-0.2, -0.15) is 18.3 Å². The third kappa shape index (κ3) is 3.88. The smallest absolute Gasteiger partial charge is 0.321 e. The molecule has 0 saturated heterocycles. The molecule has 6 nitrogen and oxygen atoms in total. The number of fused-ring (bicyclic) bond motifs is 1. The van der Waals surface area contributed by atoms with Crippen molar-refractivity contribution in [3.63, 3.8) is 0 Å². The van der Waals surface area contributed by atoms with Gasteiger partial charge in [0.15, 0.2) is 0 Å². The van der Waals surface area contributed by atoms with E-state index >= 15 is 0 Å². The van der Waals surface area contributed by atoms with Crippen LogP contribution in [0.2, 0.25) is 0 Å². The highest BCUT2D eigenvalue weighted by atomic mass is 19.4. The van der Waals surface area contributed by atoms with Crippen molar-refractivity contribution in [2.24, 2.45) is 7.05 Å². The Morgan fingerprint density at radius 2 is 1.87 bits per heavy atom. The molecule has 10 heteroatoms. The predicted molar refractivity (Wildman–Crippen MR) is 104 cm³/mol. The summed E-state index contributed by atoms with van der Waals surface area (Å²) in [6, 6.07) is 8.36. The summed E-state index contributed by atoms with van der Waals surface area (Å²) in [5.41, 5.74) is 0.0551. The number of nitrogens with one attached hydrogen (secondary N) is 1. The van der Waals surface area contributed by atoms with Crippen molar-refractivity contribution in [3.05, 3.63) is 76.9 Å². The number of benzene rings is 2. The lowest BCUT2D eigenvalue weighted by Gasteiger charge is -2.20. The molecular formula is C21H16F4N4O2. The lowest BCUT2D eigenvalue weighted by molar-refractivity contribution is -0.138. The molecule has 0 fully saturated rings. The van der Waals surface area contributed by atoms with E-state index in [1.807, 2.05) is 0 Å². The molecule has 0 bridgehead atoms. The maximum absolute atomic E-state index is 13.4. The second-order valence-electron chi connectivity index (χ2n) is 7.03. The van der Waals surface area contributed by atoms with E-state index in [1.165, 1.54) is 15.8 Å². The first kappa shape index (κ1) is 20.6. The molecular weight excluding hydrogens is 416 g/mol. The van der Waals surface area contributed by atoms with E-state index in [0.29, 0.717) is 35.1 Å². The van der Waals surface area contributed by atoms with E-state index in [0.717, 1.165) is 12.1 Å². The largest absolute Gasteiger partial charge is 0.417 e. The van der Waals surface area contributed by atoms with Crippen LogP contribution in [0.15, 0.2) is 48.7 Å². The fourth-order valence-electron chi connectivity index (χ4n) is 3.57. The van der Waals surface area contributed by atoms with Gasteiger partial charge in [-0.1, -0.05) is 0 Å². The summed E-state index contributed by atoms with van der Waals surface area (Å²) in [6.45, 7) is 0.169. The molecule has 2 amide bonds. The molecule has 160 valence electrons. The van der Waals surface area contributed by atoms with E-state index in [4.69, 9.17) is 0 Å². The average molecular weight is 432 g/mol. The van der Waals surface area contributed by atoms with Crippen LogP contribution < -0.4 is 10.2 Å². The number of nitrogens with zero attached hydrogens (tertiary/aromatic N) is 3. The van der Waals surface area contributed by atoms with Crippen molar-refractivity contribution in [2.45, 2.75) is 12.6 Å². The van der Waals surface area contributed by atoms with Crippen LogP contribution >= 0.6 is 0 Å². The monoisotopic (exact) mass is 432 g/mol. The van der Waals surface area contributed by atoms with E-state index in [-0.39, 0.29) is 12.5 Å². The van der Waals surface area contributed by atoms with Gasteiger partial charge in [0.25, 0.3) is 11.8 Å². The number of hydrogen-bond donors (Lipinski definition) is 1. The van der Waals surface area contributed by atoms with Crippen LogP contribution in [0.25, 0.3) is 0 Å². The maximum atomic E-state index is 13.4. The van der Waals surface area contributed by atoms with Gasteiger partial charge < -0.3 is 10.2 Å². The quantitative estimate of drug-likeness (QED) is 0.636. The van der Waals surface area contributed by atoms with Crippen molar-refractivity contribution in [1.82, 2.24) is 9.78 Å². The first-order chi connectivity index (χ1) is 14.6. The van der Waals surface area contributed by atoms with Crippen LogP contribution in [0.4, 0.5) is 28.9 Å². The number of aromatic nitrogens is 2. The van der Waals surface area contributed by atoms with Gasteiger partial charge in [-0.25, -0.2) is 4.39 Å². The van der Waals surface area contributed by atoms with Gasteiger partial charge in [0, 0.05) is 31.2 Å². The summed E-state index contributed by atoms with van der Waals surface area (Å²) in [5.74, 6) is -2.30. The summed E-state index contributed by atoms with van der Waals surface area (Å²) in [7, 11) is 1.63. The zero-order chi connectivity index (χ0) is 22.3. The van der Waals surface area contributed by atoms with Gasteiger partial charge in [0.1, 0.15) is 11.5 Å². The number of carbonyl (C=O) groups is 2. The molecule has 0 atom stereocenters. The van der Waals surface area contributed by atoms with Crippen LogP contribution in [0.5, 0.6) is 0 Å². The van der Waals surface area contributed by atoms with Gasteiger partial charge >= 0.3 is 6.18 Å². The molecule has 1 N–H and O–H groups in total. The van der Waals surface area contributed by atoms with Crippen molar-refractivity contribution < 1.29 is 27.2 Å². The number of halogens is 4. The number of rotatable bonds is 3. The number of aryl methyl sites for hydroxylation is 1.